The maximum Gasteiger partial charge on any atom is 0.295 e. The largest absolute Gasteiger partial charge is 0.424 e. The van der Waals surface area contributed by atoms with E-state index in [2.05, 4.69) is 24.1 Å². The fourth-order valence-corrected chi connectivity index (χ4v) is 2.93. The normalized spacial score (nSPS) is 23.1. The monoisotopic (exact) mass is 244 g/mol. The summed E-state index contributed by atoms with van der Waals surface area (Å²) in [5.74, 6) is 0. The summed E-state index contributed by atoms with van der Waals surface area (Å²) >= 11 is 0. The Balaban J connectivity index is 1.76. The molecule has 1 aromatic carbocycles. The molecule has 1 aliphatic carbocycles. The standard InChI is InChI=1S/C15H20N2O/c1-15(2)9-5-6-11(10-15)16-14-17-12-7-3-4-8-13(12)18-14/h3-4,7-8,11H,5-6,9-10H2,1-2H3,(H,16,17). The van der Waals surface area contributed by atoms with E-state index in [1.54, 1.807) is 0 Å². The molecule has 1 fully saturated rings. The van der Waals surface area contributed by atoms with Gasteiger partial charge in [0.1, 0.15) is 5.52 Å². The highest BCUT2D eigenvalue weighted by Gasteiger charge is 2.28. The van der Waals surface area contributed by atoms with Crippen molar-refractivity contribution in [3.8, 4) is 0 Å². The van der Waals surface area contributed by atoms with E-state index in [9.17, 15) is 0 Å². The summed E-state index contributed by atoms with van der Waals surface area (Å²) in [4.78, 5) is 4.48. The van der Waals surface area contributed by atoms with Gasteiger partial charge in [0, 0.05) is 6.04 Å². The lowest BCUT2D eigenvalue weighted by Crippen LogP contribution is -2.31. The van der Waals surface area contributed by atoms with Crippen LogP contribution in [0.25, 0.3) is 11.1 Å². The van der Waals surface area contributed by atoms with E-state index in [-0.39, 0.29) is 0 Å². The van der Waals surface area contributed by atoms with Gasteiger partial charge in [-0.15, -0.1) is 0 Å². The van der Waals surface area contributed by atoms with E-state index in [1.807, 2.05) is 24.3 Å². The molecule has 0 saturated heterocycles. The Morgan fingerprint density at radius 3 is 2.94 bits per heavy atom. The molecule has 1 aliphatic rings. The average molecular weight is 244 g/mol. The second kappa shape index (κ2) is 4.30. The van der Waals surface area contributed by atoms with Crippen LogP contribution >= 0.6 is 0 Å². The van der Waals surface area contributed by atoms with Crippen LogP contribution in [0, 0.1) is 5.41 Å². The molecule has 3 nitrogen and oxygen atoms in total. The second-order valence-corrected chi connectivity index (χ2v) is 6.09. The SMILES string of the molecule is CC1(C)CCCC(Nc2nc3ccccc3o2)C1. The van der Waals surface area contributed by atoms with Crippen LogP contribution in [0.2, 0.25) is 0 Å². The van der Waals surface area contributed by atoms with Gasteiger partial charge < -0.3 is 9.73 Å². The predicted molar refractivity (Wildman–Crippen MR) is 73.7 cm³/mol. The number of benzene rings is 1. The van der Waals surface area contributed by atoms with Crippen LogP contribution in [-0.2, 0) is 0 Å². The lowest BCUT2D eigenvalue weighted by atomic mass is 9.75. The van der Waals surface area contributed by atoms with E-state index in [1.165, 1.54) is 25.7 Å². The molecule has 1 atom stereocenters. The number of para-hydroxylation sites is 2. The van der Waals surface area contributed by atoms with Crippen molar-refractivity contribution in [1.29, 1.82) is 0 Å². The van der Waals surface area contributed by atoms with Crippen LogP contribution in [0.3, 0.4) is 0 Å². The van der Waals surface area contributed by atoms with Gasteiger partial charge in [-0.2, -0.15) is 4.98 Å². The molecule has 1 N–H and O–H groups in total. The fourth-order valence-electron chi connectivity index (χ4n) is 2.93. The van der Waals surface area contributed by atoms with Crippen molar-refractivity contribution in [2.75, 3.05) is 5.32 Å². The third-order valence-corrected chi connectivity index (χ3v) is 3.83. The Bertz CT molecular complexity index is 511. The number of aromatic nitrogens is 1. The first-order valence-electron chi connectivity index (χ1n) is 6.75. The number of nitrogens with one attached hydrogen (secondary N) is 1. The summed E-state index contributed by atoms with van der Waals surface area (Å²) in [6.45, 7) is 4.68. The molecule has 3 heteroatoms. The minimum atomic E-state index is 0.432. The molecule has 1 heterocycles. The lowest BCUT2D eigenvalue weighted by Gasteiger charge is -2.35. The summed E-state index contributed by atoms with van der Waals surface area (Å²) in [6.07, 6.45) is 5.00. The van der Waals surface area contributed by atoms with Crippen LogP contribution in [-0.4, -0.2) is 11.0 Å². The van der Waals surface area contributed by atoms with E-state index in [0.717, 1.165) is 11.1 Å². The van der Waals surface area contributed by atoms with Crippen molar-refractivity contribution >= 4 is 17.1 Å². The van der Waals surface area contributed by atoms with Gasteiger partial charge in [-0.05, 0) is 36.8 Å². The predicted octanol–water partition coefficient (Wildman–Crippen LogP) is 4.21. The van der Waals surface area contributed by atoms with Gasteiger partial charge in [0.05, 0.1) is 0 Å². The van der Waals surface area contributed by atoms with E-state index < -0.39 is 0 Å². The Kier molecular flexibility index (Phi) is 2.77. The van der Waals surface area contributed by atoms with Crippen molar-refractivity contribution in [2.45, 2.75) is 45.6 Å². The number of fused-ring (bicyclic) bond motifs is 1. The number of oxazole rings is 1. The van der Waals surface area contributed by atoms with Crippen LogP contribution < -0.4 is 5.32 Å². The topological polar surface area (TPSA) is 38.1 Å². The zero-order valence-corrected chi connectivity index (χ0v) is 11.1. The fraction of sp³-hybridized carbons (Fsp3) is 0.533. The quantitative estimate of drug-likeness (QED) is 0.860. The number of rotatable bonds is 2. The van der Waals surface area contributed by atoms with Crippen LogP contribution in [0.15, 0.2) is 28.7 Å². The summed E-state index contributed by atoms with van der Waals surface area (Å²) in [6, 6.07) is 9.05. The third-order valence-electron chi connectivity index (χ3n) is 3.83. The zero-order chi connectivity index (χ0) is 12.6. The van der Waals surface area contributed by atoms with Crippen molar-refractivity contribution < 1.29 is 4.42 Å². The number of anilines is 1. The minimum absolute atomic E-state index is 0.432. The number of nitrogens with zero attached hydrogens (tertiary/aromatic N) is 1. The van der Waals surface area contributed by atoms with E-state index >= 15 is 0 Å². The molecule has 1 aromatic heterocycles. The molecule has 0 amide bonds. The Morgan fingerprint density at radius 2 is 2.17 bits per heavy atom. The van der Waals surface area contributed by atoms with Crippen LogP contribution in [0.5, 0.6) is 0 Å². The van der Waals surface area contributed by atoms with E-state index in [0.29, 0.717) is 17.5 Å². The van der Waals surface area contributed by atoms with Gasteiger partial charge in [-0.3, -0.25) is 0 Å². The van der Waals surface area contributed by atoms with Crippen molar-refractivity contribution in [2.24, 2.45) is 5.41 Å². The van der Waals surface area contributed by atoms with Gasteiger partial charge in [-0.1, -0.05) is 32.4 Å². The molecule has 96 valence electrons. The molecule has 18 heavy (non-hydrogen) atoms. The Hall–Kier alpha value is -1.51. The number of hydrogen-bond acceptors (Lipinski definition) is 3. The first-order valence-corrected chi connectivity index (χ1v) is 6.75. The molecule has 0 radical (unpaired) electrons. The molecular formula is C15H20N2O. The molecule has 3 rings (SSSR count). The van der Waals surface area contributed by atoms with Crippen molar-refractivity contribution in [3.63, 3.8) is 0 Å². The highest BCUT2D eigenvalue weighted by molar-refractivity contribution is 5.74. The molecule has 2 aromatic rings. The van der Waals surface area contributed by atoms with Gasteiger partial charge in [0.15, 0.2) is 5.58 Å². The summed E-state index contributed by atoms with van der Waals surface area (Å²) < 4.78 is 5.72. The van der Waals surface area contributed by atoms with Crippen LogP contribution in [0.1, 0.15) is 39.5 Å². The Morgan fingerprint density at radius 1 is 1.33 bits per heavy atom. The molecule has 1 saturated carbocycles. The Labute approximate surface area is 108 Å². The van der Waals surface area contributed by atoms with Gasteiger partial charge in [0.2, 0.25) is 0 Å². The maximum absolute atomic E-state index is 5.72. The lowest BCUT2D eigenvalue weighted by molar-refractivity contribution is 0.228. The summed E-state index contributed by atoms with van der Waals surface area (Å²) in [5, 5.41) is 3.45. The smallest absolute Gasteiger partial charge is 0.295 e. The molecule has 1 unspecified atom stereocenters. The summed E-state index contributed by atoms with van der Waals surface area (Å²) in [7, 11) is 0. The maximum atomic E-state index is 5.72. The molecular weight excluding hydrogens is 224 g/mol. The molecule has 0 bridgehead atoms. The summed E-state index contributed by atoms with van der Waals surface area (Å²) in [5.41, 5.74) is 2.22. The zero-order valence-electron chi connectivity index (χ0n) is 11.1. The highest BCUT2D eigenvalue weighted by atomic mass is 16.4. The minimum Gasteiger partial charge on any atom is -0.424 e. The first kappa shape index (κ1) is 11.6. The highest BCUT2D eigenvalue weighted by Crippen LogP contribution is 2.36. The first-order chi connectivity index (χ1) is 8.62. The molecule has 0 aliphatic heterocycles. The van der Waals surface area contributed by atoms with Crippen LogP contribution in [0.4, 0.5) is 6.01 Å². The second-order valence-electron chi connectivity index (χ2n) is 6.09. The van der Waals surface area contributed by atoms with Gasteiger partial charge >= 0.3 is 0 Å². The van der Waals surface area contributed by atoms with Crippen molar-refractivity contribution in [1.82, 2.24) is 4.98 Å². The number of hydrogen-bond donors (Lipinski definition) is 1. The average Bonchev–Trinajstić information content (AvgIpc) is 2.69. The van der Waals surface area contributed by atoms with Gasteiger partial charge in [0.25, 0.3) is 6.01 Å². The van der Waals surface area contributed by atoms with Gasteiger partial charge in [-0.25, -0.2) is 0 Å². The van der Waals surface area contributed by atoms with E-state index in [4.69, 9.17) is 4.42 Å². The third kappa shape index (κ3) is 2.35. The molecule has 0 spiro atoms. The van der Waals surface area contributed by atoms with Crippen molar-refractivity contribution in [3.05, 3.63) is 24.3 Å².